The fraction of sp³-hybridized carbons (Fsp3) is 1.00. The fourth-order valence-electron chi connectivity index (χ4n) is 3.38. The first-order valence-corrected chi connectivity index (χ1v) is 7.30. The van der Waals surface area contributed by atoms with Crippen LogP contribution in [0.5, 0.6) is 0 Å². The zero-order valence-corrected chi connectivity index (χ0v) is 11.3. The van der Waals surface area contributed by atoms with E-state index in [1.165, 1.54) is 45.2 Å². The second-order valence-corrected chi connectivity index (χ2v) is 5.92. The molecule has 0 aromatic heterocycles. The molecule has 2 fully saturated rings. The van der Waals surface area contributed by atoms with Crippen molar-refractivity contribution in [1.29, 1.82) is 0 Å². The maximum Gasteiger partial charge on any atom is 0.0484 e. The van der Waals surface area contributed by atoms with Crippen LogP contribution in [0.15, 0.2) is 0 Å². The molecule has 2 saturated heterocycles. The van der Waals surface area contributed by atoms with Crippen LogP contribution < -0.4 is 5.73 Å². The highest BCUT2D eigenvalue weighted by Crippen LogP contribution is 2.30. The van der Waals surface area contributed by atoms with Gasteiger partial charge in [0.15, 0.2) is 0 Å². The van der Waals surface area contributed by atoms with Crippen LogP contribution in [0.4, 0.5) is 0 Å². The quantitative estimate of drug-likeness (QED) is 0.802. The number of hydrogen-bond acceptors (Lipinski definition) is 3. The summed E-state index contributed by atoms with van der Waals surface area (Å²) < 4.78 is 5.61. The van der Waals surface area contributed by atoms with Crippen molar-refractivity contribution >= 4 is 0 Å². The lowest BCUT2D eigenvalue weighted by molar-refractivity contribution is 0.0691. The van der Waals surface area contributed by atoms with Gasteiger partial charge in [0.05, 0.1) is 0 Å². The van der Waals surface area contributed by atoms with Gasteiger partial charge in [0.2, 0.25) is 0 Å². The van der Waals surface area contributed by atoms with Crippen LogP contribution in [-0.4, -0.2) is 43.3 Å². The van der Waals surface area contributed by atoms with Gasteiger partial charge in [-0.1, -0.05) is 6.92 Å². The summed E-state index contributed by atoms with van der Waals surface area (Å²) in [5.74, 6) is 0.886. The molecule has 0 aromatic rings. The van der Waals surface area contributed by atoms with E-state index >= 15 is 0 Å². The molecule has 2 rings (SSSR count). The molecule has 0 amide bonds. The topological polar surface area (TPSA) is 38.5 Å². The number of nitrogens with zero attached hydrogens (tertiary/aromatic N) is 1. The van der Waals surface area contributed by atoms with Gasteiger partial charge in [-0.3, -0.25) is 4.90 Å². The molecule has 2 unspecified atom stereocenters. The number of nitrogens with two attached hydrogens (primary N) is 1. The van der Waals surface area contributed by atoms with Gasteiger partial charge < -0.3 is 10.5 Å². The molecule has 0 aromatic carbocycles. The van der Waals surface area contributed by atoms with Gasteiger partial charge >= 0.3 is 0 Å². The van der Waals surface area contributed by atoms with Gasteiger partial charge in [0.1, 0.15) is 0 Å². The van der Waals surface area contributed by atoms with Crippen molar-refractivity contribution in [3.05, 3.63) is 0 Å². The number of likely N-dealkylation sites (tertiary alicyclic amines) is 1. The van der Waals surface area contributed by atoms with Gasteiger partial charge in [-0.2, -0.15) is 0 Å². The third kappa shape index (κ3) is 3.21. The number of rotatable bonds is 2. The van der Waals surface area contributed by atoms with Gasteiger partial charge in [-0.15, -0.1) is 0 Å². The lowest BCUT2D eigenvalue weighted by Crippen LogP contribution is -2.54. The summed E-state index contributed by atoms with van der Waals surface area (Å²) >= 11 is 0. The first kappa shape index (κ1) is 13.3. The Bertz CT molecular complexity index is 224. The maximum atomic E-state index is 6.13. The molecule has 3 heteroatoms. The molecule has 0 aliphatic carbocycles. The molecule has 2 aliphatic rings. The second kappa shape index (κ2) is 6.17. The molecule has 100 valence electrons. The van der Waals surface area contributed by atoms with Crippen molar-refractivity contribution in [1.82, 2.24) is 4.90 Å². The summed E-state index contributed by atoms with van der Waals surface area (Å²) in [5, 5.41) is 0. The molecule has 0 bridgehead atoms. The third-order valence-corrected chi connectivity index (χ3v) is 4.71. The van der Waals surface area contributed by atoms with Crippen molar-refractivity contribution < 1.29 is 4.74 Å². The molecule has 2 aliphatic heterocycles. The van der Waals surface area contributed by atoms with Crippen LogP contribution in [0.1, 0.15) is 45.4 Å². The highest BCUT2D eigenvalue weighted by Gasteiger charge is 2.36. The average Bonchev–Trinajstić information content (AvgIpc) is 2.70. The molecule has 0 radical (unpaired) electrons. The van der Waals surface area contributed by atoms with Crippen LogP contribution in [0.2, 0.25) is 0 Å². The van der Waals surface area contributed by atoms with E-state index in [0.29, 0.717) is 0 Å². The molecule has 3 nitrogen and oxygen atoms in total. The van der Waals surface area contributed by atoms with Crippen molar-refractivity contribution in [2.24, 2.45) is 11.7 Å². The second-order valence-electron chi connectivity index (χ2n) is 5.92. The van der Waals surface area contributed by atoms with Gasteiger partial charge in [-0.05, 0) is 57.5 Å². The normalized spacial score (nSPS) is 37.4. The summed E-state index contributed by atoms with van der Waals surface area (Å²) in [5.41, 5.74) is 6.36. The molecule has 2 atom stereocenters. The van der Waals surface area contributed by atoms with Crippen molar-refractivity contribution in [2.75, 3.05) is 32.8 Å². The summed E-state index contributed by atoms with van der Waals surface area (Å²) in [6.07, 6.45) is 7.57. The Balaban J connectivity index is 2.04. The van der Waals surface area contributed by atoms with E-state index in [4.69, 9.17) is 10.5 Å². The van der Waals surface area contributed by atoms with Crippen molar-refractivity contribution in [2.45, 2.75) is 51.0 Å². The minimum absolute atomic E-state index is 0.237. The first-order valence-electron chi connectivity index (χ1n) is 7.30. The average molecular weight is 240 g/mol. The monoisotopic (exact) mass is 240 g/mol. The summed E-state index contributed by atoms with van der Waals surface area (Å²) in [4.78, 5) is 2.69. The first-order chi connectivity index (χ1) is 8.27. The summed E-state index contributed by atoms with van der Waals surface area (Å²) in [7, 11) is 0. The molecule has 17 heavy (non-hydrogen) atoms. The Hall–Kier alpha value is -0.120. The van der Waals surface area contributed by atoms with E-state index in [1.54, 1.807) is 0 Å². The van der Waals surface area contributed by atoms with Gasteiger partial charge in [-0.25, -0.2) is 0 Å². The zero-order valence-electron chi connectivity index (χ0n) is 11.3. The number of ether oxygens (including phenoxy) is 1. The molecule has 0 spiro atoms. The van der Waals surface area contributed by atoms with E-state index in [2.05, 4.69) is 11.8 Å². The highest BCUT2D eigenvalue weighted by atomic mass is 16.5. The molecular formula is C14H28N2O. The van der Waals surface area contributed by atoms with Crippen LogP contribution in [0.3, 0.4) is 0 Å². The maximum absolute atomic E-state index is 6.13. The lowest BCUT2D eigenvalue weighted by Gasteiger charge is -2.42. The standard InChI is InChI=1S/C14H28N2O/c1-13-4-2-8-16(9-5-13)14(12-15)6-3-10-17-11-7-14/h13H,2-12,15H2,1H3. The zero-order chi connectivity index (χ0) is 12.1. The van der Waals surface area contributed by atoms with Crippen LogP contribution in [-0.2, 0) is 4.74 Å². The smallest absolute Gasteiger partial charge is 0.0484 e. The van der Waals surface area contributed by atoms with E-state index < -0.39 is 0 Å². The number of hydrogen-bond donors (Lipinski definition) is 1. The van der Waals surface area contributed by atoms with Crippen molar-refractivity contribution in [3.8, 4) is 0 Å². The Morgan fingerprint density at radius 1 is 1.18 bits per heavy atom. The Morgan fingerprint density at radius 3 is 2.88 bits per heavy atom. The Labute approximate surface area is 106 Å². The van der Waals surface area contributed by atoms with Crippen LogP contribution in [0.25, 0.3) is 0 Å². The van der Waals surface area contributed by atoms with E-state index in [1.807, 2.05) is 0 Å². The van der Waals surface area contributed by atoms with Gasteiger partial charge in [0, 0.05) is 25.3 Å². The fourth-order valence-corrected chi connectivity index (χ4v) is 3.38. The minimum atomic E-state index is 0.237. The molecule has 2 heterocycles. The van der Waals surface area contributed by atoms with Crippen molar-refractivity contribution in [3.63, 3.8) is 0 Å². The van der Waals surface area contributed by atoms with E-state index in [-0.39, 0.29) is 5.54 Å². The molecule has 2 N–H and O–H groups in total. The summed E-state index contributed by atoms with van der Waals surface area (Å²) in [6.45, 7) is 7.47. The van der Waals surface area contributed by atoms with E-state index in [9.17, 15) is 0 Å². The predicted molar refractivity (Wildman–Crippen MR) is 71.0 cm³/mol. The summed E-state index contributed by atoms with van der Waals surface area (Å²) in [6, 6.07) is 0. The molecular weight excluding hydrogens is 212 g/mol. The van der Waals surface area contributed by atoms with Crippen LogP contribution in [0, 0.1) is 5.92 Å². The Kier molecular flexibility index (Phi) is 4.83. The minimum Gasteiger partial charge on any atom is -0.381 e. The lowest BCUT2D eigenvalue weighted by atomic mass is 9.88. The predicted octanol–water partition coefficient (Wildman–Crippen LogP) is 2.01. The SMILES string of the molecule is CC1CCCN(C2(CN)CCCOCC2)CC1. The third-order valence-electron chi connectivity index (χ3n) is 4.71. The van der Waals surface area contributed by atoms with Crippen LogP contribution >= 0.6 is 0 Å². The van der Waals surface area contributed by atoms with Gasteiger partial charge in [0.25, 0.3) is 0 Å². The highest BCUT2D eigenvalue weighted by molar-refractivity contribution is 4.93. The largest absolute Gasteiger partial charge is 0.381 e. The Morgan fingerprint density at radius 2 is 2.06 bits per heavy atom. The molecule has 0 saturated carbocycles. The van der Waals surface area contributed by atoms with E-state index in [0.717, 1.165) is 32.1 Å².